The first-order chi connectivity index (χ1) is 9.23. The van der Waals surface area contributed by atoms with Crippen molar-refractivity contribution < 1.29 is 17.9 Å². The van der Waals surface area contributed by atoms with Crippen LogP contribution in [-0.2, 0) is 14.6 Å². The largest absolute Gasteiger partial charge is 0.496 e. The summed E-state index contributed by atoms with van der Waals surface area (Å²) in [5.41, 5.74) is 6.21. The molecule has 3 N–H and O–H groups in total. The van der Waals surface area contributed by atoms with Gasteiger partial charge in [-0.1, -0.05) is 0 Å². The third-order valence-corrected chi connectivity index (χ3v) is 4.15. The van der Waals surface area contributed by atoms with E-state index in [0.717, 1.165) is 6.26 Å². The number of benzene rings is 1. The maximum atomic E-state index is 11.8. The first-order valence-corrected chi connectivity index (χ1v) is 8.66. The van der Waals surface area contributed by atoms with Crippen molar-refractivity contribution in [1.29, 1.82) is 0 Å². The summed E-state index contributed by atoms with van der Waals surface area (Å²) in [6.45, 7) is 0. The van der Waals surface area contributed by atoms with Gasteiger partial charge in [-0.05, 0) is 40.5 Å². The van der Waals surface area contributed by atoms with E-state index < -0.39 is 21.8 Å². The van der Waals surface area contributed by atoms with E-state index >= 15 is 0 Å². The number of ether oxygens (including phenoxy) is 1. The van der Waals surface area contributed by atoms with Gasteiger partial charge in [0.25, 0.3) is 0 Å². The highest BCUT2D eigenvalue weighted by molar-refractivity contribution is 9.10. The second-order valence-electron chi connectivity index (χ2n) is 4.36. The zero-order chi connectivity index (χ0) is 15.3. The number of carbonyl (C=O) groups excluding carboxylic acids is 1. The molecule has 0 spiro atoms. The minimum absolute atomic E-state index is 0.0853. The van der Waals surface area contributed by atoms with Gasteiger partial charge in [0.2, 0.25) is 5.91 Å². The van der Waals surface area contributed by atoms with E-state index in [1.165, 1.54) is 0 Å². The minimum atomic E-state index is -3.13. The number of methoxy groups -OCH3 is 1. The Morgan fingerprint density at radius 2 is 2.15 bits per heavy atom. The fourth-order valence-corrected chi connectivity index (χ4v) is 2.67. The lowest BCUT2D eigenvalue weighted by Gasteiger charge is -2.12. The van der Waals surface area contributed by atoms with Crippen molar-refractivity contribution in [3.05, 3.63) is 22.7 Å². The maximum absolute atomic E-state index is 11.8. The van der Waals surface area contributed by atoms with E-state index in [4.69, 9.17) is 10.5 Å². The molecule has 112 valence electrons. The van der Waals surface area contributed by atoms with Crippen molar-refractivity contribution in [2.75, 3.05) is 24.4 Å². The predicted octanol–water partition coefficient (Wildman–Crippen LogP) is 1.16. The number of amides is 1. The van der Waals surface area contributed by atoms with Crippen molar-refractivity contribution in [2.24, 2.45) is 5.73 Å². The number of carbonyl (C=O) groups is 1. The van der Waals surface area contributed by atoms with Crippen LogP contribution >= 0.6 is 15.9 Å². The van der Waals surface area contributed by atoms with E-state index in [-0.39, 0.29) is 12.2 Å². The number of nitrogens with two attached hydrogens (primary N) is 1. The minimum Gasteiger partial charge on any atom is -0.496 e. The summed E-state index contributed by atoms with van der Waals surface area (Å²) >= 11 is 3.30. The summed E-state index contributed by atoms with van der Waals surface area (Å²) < 4.78 is 27.8. The lowest BCUT2D eigenvalue weighted by Crippen LogP contribution is -2.37. The summed E-state index contributed by atoms with van der Waals surface area (Å²) in [4.78, 5) is 11.8. The van der Waals surface area contributed by atoms with Gasteiger partial charge in [0.05, 0.1) is 23.4 Å². The van der Waals surface area contributed by atoms with Crippen LogP contribution in [-0.4, -0.2) is 39.5 Å². The molecule has 0 saturated carbocycles. The molecule has 0 aliphatic carbocycles. The van der Waals surface area contributed by atoms with E-state index in [2.05, 4.69) is 21.2 Å². The number of rotatable bonds is 6. The number of nitrogens with one attached hydrogen (secondary N) is 1. The van der Waals surface area contributed by atoms with Crippen LogP contribution in [0.2, 0.25) is 0 Å². The molecular formula is C12H17BrN2O4S. The Morgan fingerprint density at radius 1 is 1.50 bits per heavy atom. The molecule has 1 aromatic rings. The van der Waals surface area contributed by atoms with Gasteiger partial charge in [-0.2, -0.15) is 0 Å². The summed E-state index contributed by atoms with van der Waals surface area (Å²) in [7, 11) is -1.58. The lowest BCUT2D eigenvalue weighted by molar-refractivity contribution is -0.117. The van der Waals surface area contributed by atoms with Crippen LogP contribution in [0.15, 0.2) is 22.7 Å². The molecule has 8 heteroatoms. The van der Waals surface area contributed by atoms with Gasteiger partial charge in [0.1, 0.15) is 15.6 Å². The monoisotopic (exact) mass is 364 g/mol. The maximum Gasteiger partial charge on any atom is 0.241 e. The van der Waals surface area contributed by atoms with Gasteiger partial charge < -0.3 is 15.8 Å². The molecule has 0 fully saturated rings. The van der Waals surface area contributed by atoms with Crippen LogP contribution in [0.25, 0.3) is 0 Å². The zero-order valence-corrected chi connectivity index (χ0v) is 13.6. The van der Waals surface area contributed by atoms with Crippen LogP contribution in [0.5, 0.6) is 5.75 Å². The number of sulfone groups is 1. The van der Waals surface area contributed by atoms with E-state index in [1.54, 1.807) is 25.3 Å². The molecule has 6 nitrogen and oxygen atoms in total. The Morgan fingerprint density at radius 3 is 2.65 bits per heavy atom. The smallest absolute Gasteiger partial charge is 0.241 e. The summed E-state index contributed by atoms with van der Waals surface area (Å²) in [5, 5.41) is 2.63. The Hall–Kier alpha value is -1.12. The highest BCUT2D eigenvalue weighted by Gasteiger charge is 2.16. The van der Waals surface area contributed by atoms with Crippen LogP contribution in [0.1, 0.15) is 6.42 Å². The molecule has 0 aliphatic rings. The van der Waals surface area contributed by atoms with Gasteiger partial charge in [-0.3, -0.25) is 4.79 Å². The van der Waals surface area contributed by atoms with E-state index in [0.29, 0.717) is 15.9 Å². The van der Waals surface area contributed by atoms with Crippen molar-refractivity contribution >= 4 is 37.4 Å². The second kappa shape index (κ2) is 7.05. The molecule has 1 unspecified atom stereocenters. The first kappa shape index (κ1) is 16.9. The van der Waals surface area contributed by atoms with Crippen molar-refractivity contribution in [2.45, 2.75) is 12.5 Å². The average molecular weight is 365 g/mol. The van der Waals surface area contributed by atoms with E-state index in [9.17, 15) is 13.2 Å². The number of halogens is 1. The Balaban J connectivity index is 2.64. The van der Waals surface area contributed by atoms with Crippen LogP contribution in [0, 0.1) is 0 Å². The predicted molar refractivity (Wildman–Crippen MR) is 81.6 cm³/mol. The van der Waals surface area contributed by atoms with Crippen LogP contribution in [0.3, 0.4) is 0 Å². The average Bonchev–Trinajstić information content (AvgIpc) is 2.35. The van der Waals surface area contributed by atoms with Crippen LogP contribution < -0.4 is 15.8 Å². The molecular weight excluding hydrogens is 348 g/mol. The normalized spacial score (nSPS) is 12.8. The molecule has 0 saturated heterocycles. The van der Waals surface area contributed by atoms with Crippen LogP contribution in [0.4, 0.5) is 5.69 Å². The Labute approximate surface area is 126 Å². The molecule has 0 aromatic heterocycles. The highest BCUT2D eigenvalue weighted by Crippen LogP contribution is 2.27. The molecule has 0 radical (unpaired) electrons. The topological polar surface area (TPSA) is 98.5 Å². The van der Waals surface area contributed by atoms with Gasteiger partial charge >= 0.3 is 0 Å². The number of anilines is 1. The highest BCUT2D eigenvalue weighted by atomic mass is 79.9. The Kier molecular flexibility index (Phi) is 5.97. The Bertz CT molecular complexity index is 589. The molecule has 1 rings (SSSR count). The molecule has 0 heterocycles. The molecule has 1 aromatic carbocycles. The molecule has 0 aliphatic heterocycles. The van der Waals surface area contributed by atoms with Gasteiger partial charge in [0, 0.05) is 11.9 Å². The third kappa shape index (κ3) is 5.48. The summed E-state index contributed by atoms with van der Waals surface area (Å²) in [5.74, 6) is 0.101. The van der Waals surface area contributed by atoms with E-state index in [1.807, 2.05) is 0 Å². The zero-order valence-electron chi connectivity index (χ0n) is 11.2. The van der Waals surface area contributed by atoms with Gasteiger partial charge in [-0.25, -0.2) is 8.42 Å². The van der Waals surface area contributed by atoms with Gasteiger partial charge in [0.15, 0.2) is 0 Å². The number of hydrogen-bond donors (Lipinski definition) is 2. The summed E-state index contributed by atoms with van der Waals surface area (Å²) in [6, 6.07) is 4.18. The fraction of sp³-hybridized carbons (Fsp3) is 0.417. The SMILES string of the molecule is COc1ccc(NC(=O)C(N)CCS(C)(=O)=O)cc1Br. The molecule has 20 heavy (non-hydrogen) atoms. The lowest BCUT2D eigenvalue weighted by atomic mass is 10.2. The molecule has 1 amide bonds. The summed E-state index contributed by atoms with van der Waals surface area (Å²) in [6.07, 6.45) is 1.19. The standard InChI is InChI=1S/C12H17BrN2O4S/c1-19-11-4-3-8(7-9(11)13)15-12(16)10(14)5-6-20(2,17)18/h3-4,7,10H,5-6,14H2,1-2H3,(H,15,16). The van der Waals surface area contributed by atoms with Gasteiger partial charge in [-0.15, -0.1) is 0 Å². The fourth-order valence-electron chi connectivity index (χ4n) is 1.45. The third-order valence-electron chi connectivity index (χ3n) is 2.56. The number of hydrogen-bond acceptors (Lipinski definition) is 5. The quantitative estimate of drug-likeness (QED) is 0.788. The van der Waals surface area contributed by atoms with Crippen molar-refractivity contribution in [3.8, 4) is 5.75 Å². The van der Waals surface area contributed by atoms with Crippen molar-refractivity contribution in [1.82, 2.24) is 0 Å². The van der Waals surface area contributed by atoms with Crippen molar-refractivity contribution in [3.63, 3.8) is 0 Å². The molecule has 1 atom stereocenters. The molecule has 0 bridgehead atoms. The second-order valence-corrected chi connectivity index (χ2v) is 7.48. The first-order valence-electron chi connectivity index (χ1n) is 5.80.